The highest BCUT2D eigenvalue weighted by molar-refractivity contribution is 5.95. The number of hydrogen-bond donors (Lipinski definition) is 2. The highest BCUT2D eigenvalue weighted by Gasteiger charge is 2.07. The number of carbonyl (C=O) groups is 1. The zero-order valence-corrected chi connectivity index (χ0v) is 11.5. The Morgan fingerprint density at radius 1 is 1.33 bits per heavy atom. The smallest absolute Gasteiger partial charge is 0.255 e. The van der Waals surface area contributed by atoms with Crippen LogP contribution in [0.1, 0.15) is 5.69 Å². The van der Waals surface area contributed by atoms with Gasteiger partial charge in [0, 0.05) is 30.5 Å². The molecule has 0 saturated heterocycles. The Hall–Kier alpha value is -2.89. The largest absolute Gasteiger partial charge is 0.329 e. The third-order valence-electron chi connectivity index (χ3n) is 3.17. The van der Waals surface area contributed by atoms with Crippen LogP contribution in [0, 0.1) is 0 Å². The van der Waals surface area contributed by atoms with Crippen molar-refractivity contribution in [3.05, 3.63) is 58.8 Å². The average Bonchev–Trinajstić information content (AvgIpc) is 2.84. The SMILES string of the molecule is Cn1ccc(CC(=O)Nc2ccc3c(=O)[nH]ccc3c2)n1. The van der Waals surface area contributed by atoms with Crippen LogP contribution in [0.25, 0.3) is 10.8 Å². The van der Waals surface area contributed by atoms with E-state index in [1.165, 1.54) is 0 Å². The van der Waals surface area contributed by atoms with E-state index < -0.39 is 0 Å². The predicted octanol–water partition coefficient (Wildman–Crippen LogP) is 1.44. The number of nitrogens with zero attached hydrogens (tertiary/aromatic N) is 2. The molecule has 2 heterocycles. The molecule has 2 aromatic heterocycles. The van der Waals surface area contributed by atoms with E-state index in [1.807, 2.05) is 7.05 Å². The third kappa shape index (κ3) is 2.84. The number of hydrogen-bond acceptors (Lipinski definition) is 3. The van der Waals surface area contributed by atoms with Crippen LogP contribution in [-0.4, -0.2) is 20.7 Å². The molecule has 0 atom stereocenters. The number of anilines is 1. The van der Waals surface area contributed by atoms with Gasteiger partial charge in [0.15, 0.2) is 0 Å². The van der Waals surface area contributed by atoms with Crippen LogP contribution in [-0.2, 0) is 18.3 Å². The summed E-state index contributed by atoms with van der Waals surface area (Å²) >= 11 is 0. The number of aryl methyl sites for hydroxylation is 1. The molecule has 0 radical (unpaired) electrons. The van der Waals surface area contributed by atoms with E-state index in [0.29, 0.717) is 16.8 Å². The molecule has 0 aliphatic heterocycles. The summed E-state index contributed by atoms with van der Waals surface area (Å²) in [5.74, 6) is -0.141. The van der Waals surface area contributed by atoms with E-state index in [1.54, 1.807) is 47.4 Å². The first kappa shape index (κ1) is 13.1. The maximum absolute atomic E-state index is 12.0. The average molecular weight is 282 g/mol. The van der Waals surface area contributed by atoms with Gasteiger partial charge in [-0.25, -0.2) is 0 Å². The lowest BCUT2D eigenvalue weighted by Crippen LogP contribution is -2.15. The third-order valence-corrected chi connectivity index (χ3v) is 3.17. The minimum atomic E-state index is -0.141. The van der Waals surface area contributed by atoms with Crippen molar-refractivity contribution in [2.75, 3.05) is 5.32 Å². The Morgan fingerprint density at radius 2 is 2.19 bits per heavy atom. The van der Waals surface area contributed by atoms with E-state index >= 15 is 0 Å². The van der Waals surface area contributed by atoms with Gasteiger partial charge in [0.1, 0.15) is 0 Å². The van der Waals surface area contributed by atoms with Gasteiger partial charge in [0.05, 0.1) is 12.1 Å². The zero-order valence-electron chi connectivity index (χ0n) is 11.5. The van der Waals surface area contributed by atoms with Crippen molar-refractivity contribution < 1.29 is 4.79 Å². The summed E-state index contributed by atoms with van der Waals surface area (Å²) in [7, 11) is 1.81. The Kier molecular flexibility index (Phi) is 3.27. The van der Waals surface area contributed by atoms with Crippen LogP contribution in [0.3, 0.4) is 0 Å². The van der Waals surface area contributed by atoms with E-state index in [9.17, 15) is 9.59 Å². The van der Waals surface area contributed by atoms with Gasteiger partial charge < -0.3 is 10.3 Å². The number of H-pyrrole nitrogens is 1. The number of benzene rings is 1. The van der Waals surface area contributed by atoms with Crippen molar-refractivity contribution in [2.24, 2.45) is 7.05 Å². The quantitative estimate of drug-likeness (QED) is 0.763. The highest BCUT2D eigenvalue weighted by atomic mass is 16.1. The van der Waals surface area contributed by atoms with Gasteiger partial charge in [0.2, 0.25) is 5.91 Å². The summed E-state index contributed by atoms with van der Waals surface area (Å²) in [4.78, 5) is 26.2. The molecule has 21 heavy (non-hydrogen) atoms. The van der Waals surface area contributed by atoms with E-state index in [0.717, 1.165) is 5.39 Å². The molecule has 0 fully saturated rings. The van der Waals surface area contributed by atoms with Gasteiger partial charge in [0.25, 0.3) is 5.56 Å². The first-order valence-electron chi connectivity index (χ1n) is 6.52. The summed E-state index contributed by atoms with van der Waals surface area (Å²) in [5.41, 5.74) is 1.24. The molecule has 106 valence electrons. The second-order valence-electron chi connectivity index (χ2n) is 4.81. The molecule has 6 heteroatoms. The number of carbonyl (C=O) groups excluding carboxylic acids is 1. The topological polar surface area (TPSA) is 79.8 Å². The van der Waals surface area contributed by atoms with Gasteiger partial charge in [-0.1, -0.05) is 0 Å². The van der Waals surface area contributed by atoms with E-state index in [2.05, 4.69) is 15.4 Å². The van der Waals surface area contributed by atoms with Crippen molar-refractivity contribution in [1.29, 1.82) is 0 Å². The Bertz CT molecular complexity index is 863. The van der Waals surface area contributed by atoms with Gasteiger partial charge in [-0.15, -0.1) is 0 Å². The van der Waals surface area contributed by atoms with Crippen molar-refractivity contribution >= 4 is 22.4 Å². The molecule has 6 nitrogen and oxygen atoms in total. The maximum atomic E-state index is 12.0. The molecule has 0 bridgehead atoms. The fourth-order valence-electron chi connectivity index (χ4n) is 2.20. The summed E-state index contributed by atoms with van der Waals surface area (Å²) in [6.07, 6.45) is 3.60. The molecule has 3 aromatic rings. The normalized spacial score (nSPS) is 10.7. The van der Waals surface area contributed by atoms with Gasteiger partial charge in [-0.3, -0.25) is 14.3 Å². The van der Waals surface area contributed by atoms with Crippen molar-refractivity contribution in [3.8, 4) is 0 Å². The monoisotopic (exact) mass is 282 g/mol. The fourth-order valence-corrected chi connectivity index (χ4v) is 2.20. The molecule has 1 aromatic carbocycles. The summed E-state index contributed by atoms with van der Waals surface area (Å²) in [6.45, 7) is 0. The van der Waals surface area contributed by atoms with E-state index in [4.69, 9.17) is 0 Å². The number of aromatic nitrogens is 3. The molecule has 2 N–H and O–H groups in total. The molecular weight excluding hydrogens is 268 g/mol. The lowest BCUT2D eigenvalue weighted by Gasteiger charge is -2.05. The lowest BCUT2D eigenvalue weighted by molar-refractivity contribution is -0.115. The number of nitrogens with one attached hydrogen (secondary N) is 2. The number of aromatic amines is 1. The fraction of sp³-hybridized carbons (Fsp3) is 0.133. The summed E-state index contributed by atoms with van der Waals surface area (Å²) in [5, 5.41) is 8.36. The van der Waals surface area contributed by atoms with E-state index in [-0.39, 0.29) is 17.9 Å². The van der Waals surface area contributed by atoms with Crippen LogP contribution in [0.4, 0.5) is 5.69 Å². The van der Waals surface area contributed by atoms with Crippen LogP contribution in [0.2, 0.25) is 0 Å². The Labute approximate surface area is 120 Å². The highest BCUT2D eigenvalue weighted by Crippen LogP contribution is 2.16. The zero-order chi connectivity index (χ0) is 14.8. The van der Waals surface area contributed by atoms with Crippen molar-refractivity contribution in [3.63, 3.8) is 0 Å². The van der Waals surface area contributed by atoms with Crippen molar-refractivity contribution in [1.82, 2.24) is 14.8 Å². The molecule has 1 amide bonds. The molecule has 0 unspecified atom stereocenters. The number of pyridine rings is 1. The summed E-state index contributed by atoms with van der Waals surface area (Å²) in [6, 6.07) is 8.80. The van der Waals surface area contributed by atoms with Crippen LogP contribution < -0.4 is 10.9 Å². The number of rotatable bonds is 3. The van der Waals surface area contributed by atoms with Crippen molar-refractivity contribution in [2.45, 2.75) is 6.42 Å². The van der Waals surface area contributed by atoms with Crippen LogP contribution in [0.5, 0.6) is 0 Å². The first-order valence-corrected chi connectivity index (χ1v) is 6.52. The van der Waals surface area contributed by atoms with Gasteiger partial charge in [-0.2, -0.15) is 5.10 Å². The van der Waals surface area contributed by atoms with Gasteiger partial charge in [-0.05, 0) is 35.7 Å². The van der Waals surface area contributed by atoms with Crippen LogP contribution in [0.15, 0.2) is 47.5 Å². The molecule has 0 saturated carbocycles. The predicted molar refractivity (Wildman–Crippen MR) is 80.1 cm³/mol. The minimum absolute atomic E-state index is 0.140. The number of amides is 1. The molecule has 0 spiro atoms. The molecule has 0 aliphatic carbocycles. The number of fused-ring (bicyclic) bond motifs is 1. The van der Waals surface area contributed by atoms with Crippen LogP contribution >= 0.6 is 0 Å². The minimum Gasteiger partial charge on any atom is -0.329 e. The Morgan fingerprint density at radius 3 is 2.95 bits per heavy atom. The second kappa shape index (κ2) is 5.24. The summed E-state index contributed by atoms with van der Waals surface area (Å²) < 4.78 is 1.66. The molecular formula is C15H14N4O2. The Balaban J connectivity index is 1.78. The second-order valence-corrected chi connectivity index (χ2v) is 4.81. The lowest BCUT2D eigenvalue weighted by atomic mass is 10.1. The maximum Gasteiger partial charge on any atom is 0.255 e. The van der Waals surface area contributed by atoms with Gasteiger partial charge >= 0.3 is 0 Å². The molecule has 3 rings (SSSR count). The molecule has 0 aliphatic rings. The standard InChI is InChI=1S/C15H14N4O2/c1-19-7-5-12(18-19)9-14(20)17-11-2-3-13-10(8-11)4-6-16-15(13)21/h2-8H,9H2,1H3,(H,16,21)(H,17,20). The first-order chi connectivity index (χ1) is 10.1.